The molecule has 0 aliphatic rings. The van der Waals surface area contributed by atoms with Gasteiger partial charge in [-0.25, -0.2) is 8.78 Å². The molecule has 1 amide bonds. The zero-order valence-corrected chi connectivity index (χ0v) is 16.3. The molecule has 1 heterocycles. The molecule has 0 aliphatic carbocycles. The third kappa shape index (κ3) is 4.47. The number of benzene rings is 2. The lowest BCUT2D eigenvalue weighted by molar-refractivity contribution is -0.137. The molecule has 0 spiro atoms. The summed E-state index contributed by atoms with van der Waals surface area (Å²) in [6.07, 6.45) is -3.26. The van der Waals surface area contributed by atoms with Crippen LogP contribution in [0.15, 0.2) is 42.6 Å². The number of alkyl halides is 3. The van der Waals surface area contributed by atoms with E-state index in [1.807, 2.05) is 0 Å². The molecule has 3 rings (SSSR count). The third-order valence-electron chi connectivity index (χ3n) is 4.79. The number of carbonyl (C=O) groups is 2. The molecule has 5 nitrogen and oxygen atoms in total. The Kier molecular flexibility index (Phi) is 5.92. The molecule has 162 valence electrons. The smallest absolute Gasteiger partial charge is 0.345 e. The van der Waals surface area contributed by atoms with E-state index in [1.54, 1.807) is 14.0 Å². The number of nitrogens with zero attached hydrogens (tertiary/aromatic N) is 2. The van der Waals surface area contributed by atoms with E-state index in [9.17, 15) is 31.5 Å². The van der Waals surface area contributed by atoms with Crippen molar-refractivity contribution in [2.45, 2.75) is 13.1 Å². The molecule has 3 aromatic rings. The van der Waals surface area contributed by atoms with Gasteiger partial charge in [0.2, 0.25) is 0 Å². The van der Waals surface area contributed by atoms with E-state index in [0.717, 1.165) is 24.3 Å². The Morgan fingerprint density at radius 3 is 2.23 bits per heavy atom. The van der Waals surface area contributed by atoms with E-state index in [0.29, 0.717) is 17.8 Å². The molecule has 0 aliphatic heterocycles. The summed E-state index contributed by atoms with van der Waals surface area (Å²) in [7, 11) is 1.64. The number of aromatic nitrogens is 2. The Morgan fingerprint density at radius 1 is 1.03 bits per heavy atom. The van der Waals surface area contributed by atoms with Crippen molar-refractivity contribution < 1.29 is 31.5 Å². The molecule has 0 fully saturated rings. The molecule has 0 atom stereocenters. The highest BCUT2D eigenvalue weighted by Gasteiger charge is 2.30. The van der Waals surface area contributed by atoms with Crippen molar-refractivity contribution >= 4 is 11.7 Å². The van der Waals surface area contributed by atoms with Crippen LogP contribution in [0.25, 0.3) is 11.1 Å². The number of amides is 1. The molecule has 0 saturated heterocycles. The third-order valence-corrected chi connectivity index (χ3v) is 4.79. The Balaban J connectivity index is 1.89. The van der Waals surface area contributed by atoms with Crippen LogP contribution in [-0.2, 0) is 13.2 Å². The summed E-state index contributed by atoms with van der Waals surface area (Å²) in [6.45, 7) is 1.23. The number of rotatable bonds is 5. The second-order valence-corrected chi connectivity index (χ2v) is 6.73. The van der Waals surface area contributed by atoms with Gasteiger partial charge in [0.05, 0.1) is 29.4 Å². The predicted octanol–water partition coefficient (Wildman–Crippen LogP) is 4.31. The average Bonchev–Trinajstić information content (AvgIpc) is 3.06. The Hall–Kier alpha value is -3.56. The van der Waals surface area contributed by atoms with Gasteiger partial charge in [0, 0.05) is 18.3 Å². The van der Waals surface area contributed by atoms with Crippen molar-refractivity contribution in [2.24, 2.45) is 7.05 Å². The first-order valence-electron chi connectivity index (χ1n) is 8.96. The van der Waals surface area contributed by atoms with Gasteiger partial charge in [-0.05, 0) is 36.8 Å². The van der Waals surface area contributed by atoms with Crippen LogP contribution in [0.4, 0.5) is 22.0 Å². The second kappa shape index (κ2) is 8.29. The molecule has 10 heteroatoms. The SMILES string of the molecule is Cc1c(C(=O)CNC(=O)c2ccc(F)c(F)c2-c2ccc(C(F)(F)F)cc2)cnn1C. The normalized spacial score (nSPS) is 11.5. The van der Waals surface area contributed by atoms with Gasteiger partial charge >= 0.3 is 6.18 Å². The number of aryl methyl sites for hydroxylation is 1. The fourth-order valence-corrected chi connectivity index (χ4v) is 2.97. The molecule has 0 saturated carbocycles. The summed E-state index contributed by atoms with van der Waals surface area (Å²) in [4.78, 5) is 24.9. The monoisotopic (exact) mass is 437 g/mol. The molecule has 2 aromatic carbocycles. The summed E-state index contributed by atoms with van der Waals surface area (Å²) in [5.41, 5.74) is -1.06. The van der Waals surface area contributed by atoms with Crippen LogP contribution >= 0.6 is 0 Å². The fourth-order valence-electron chi connectivity index (χ4n) is 2.97. The zero-order chi connectivity index (χ0) is 22.9. The quantitative estimate of drug-likeness (QED) is 0.478. The van der Waals surface area contributed by atoms with Crippen molar-refractivity contribution in [1.82, 2.24) is 15.1 Å². The van der Waals surface area contributed by atoms with Crippen LogP contribution in [-0.4, -0.2) is 28.0 Å². The molecular formula is C21H16F5N3O2. The van der Waals surface area contributed by atoms with Crippen LogP contribution < -0.4 is 5.32 Å². The Labute approximate surface area is 173 Å². The maximum Gasteiger partial charge on any atom is 0.416 e. The van der Waals surface area contributed by atoms with Crippen molar-refractivity contribution in [1.29, 1.82) is 0 Å². The van der Waals surface area contributed by atoms with Gasteiger partial charge in [-0.15, -0.1) is 0 Å². The van der Waals surface area contributed by atoms with Gasteiger partial charge in [0.25, 0.3) is 5.91 Å². The van der Waals surface area contributed by atoms with Crippen molar-refractivity contribution in [2.75, 3.05) is 6.54 Å². The molecule has 1 aromatic heterocycles. The van der Waals surface area contributed by atoms with Gasteiger partial charge in [0.15, 0.2) is 17.4 Å². The molecule has 0 radical (unpaired) electrons. The Morgan fingerprint density at radius 2 is 1.68 bits per heavy atom. The molecule has 1 N–H and O–H groups in total. The van der Waals surface area contributed by atoms with Gasteiger partial charge in [-0.1, -0.05) is 12.1 Å². The van der Waals surface area contributed by atoms with Crippen molar-refractivity contribution in [3.8, 4) is 11.1 Å². The van der Waals surface area contributed by atoms with Gasteiger partial charge in [0.1, 0.15) is 0 Å². The van der Waals surface area contributed by atoms with Crippen LogP contribution in [0.2, 0.25) is 0 Å². The minimum absolute atomic E-state index is 0.121. The number of nitrogens with one attached hydrogen (secondary N) is 1. The largest absolute Gasteiger partial charge is 0.416 e. The molecule has 0 bridgehead atoms. The topological polar surface area (TPSA) is 64.0 Å². The zero-order valence-electron chi connectivity index (χ0n) is 16.3. The second-order valence-electron chi connectivity index (χ2n) is 6.73. The number of hydrogen-bond acceptors (Lipinski definition) is 3. The van der Waals surface area contributed by atoms with Crippen LogP contribution in [0, 0.1) is 18.6 Å². The first-order valence-corrected chi connectivity index (χ1v) is 8.96. The van der Waals surface area contributed by atoms with E-state index < -0.39 is 47.2 Å². The minimum Gasteiger partial charge on any atom is -0.345 e. The van der Waals surface area contributed by atoms with Crippen LogP contribution in [0.3, 0.4) is 0 Å². The van der Waals surface area contributed by atoms with Crippen LogP contribution in [0.1, 0.15) is 32.0 Å². The van der Waals surface area contributed by atoms with Crippen LogP contribution in [0.5, 0.6) is 0 Å². The molecular weight excluding hydrogens is 421 g/mol. The van der Waals surface area contributed by atoms with Crippen molar-refractivity contribution in [3.63, 3.8) is 0 Å². The van der Waals surface area contributed by atoms with Crippen molar-refractivity contribution in [3.05, 3.63) is 76.6 Å². The number of hydrogen-bond donors (Lipinski definition) is 1. The van der Waals surface area contributed by atoms with E-state index in [2.05, 4.69) is 10.4 Å². The highest BCUT2D eigenvalue weighted by Crippen LogP contribution is 2.33. The molecule has 0 unspecified atom stereocenters. The highest BCUT2D eigenvalue weighted by atomic mass is 19.4. The Bertz CT molecular complexity index is 1150. The predicted molar refractivity (Wildman–Crippen MR) is 101 cm³/mol. The number of ketones is 1. The minimum atomic E-state index is -4.61. The first-order chi connectivity index (χ1) is 14.5. The van der Waals surface area contributed by atoms with E-state index in [1.165, 1.54) is 10.9 Å². The van der Waals surface area contributed by atoms with E-state index in [-0.39, 0.29) is 16.7 Å². The maximum absolute atomic E-state index is 14.5. The lowest BCUT2D eigenvalue weighted by atomic mass is 9.97. The van der Waals surface area contributed by atoms with Gasteiger partial charge in [-0.2, -0.15) is 18.3 Å². The number of halogens is 5. The summed E-state index contributed by atoms with van der Waals surface area (Å²) in [6, 6.07) is 5.03. The lowest BCUT2D eigenvalue weighted by Gasteiger charge is -2.13. The fraction of sp³-hybridized carbons (Fsp3) is 0.190. The van der Waals surface area contributed by atoms with E-state index in [4.69, 9.17) is 0 Å². The lowest BCUT2D eigenvalue weighted by Crippen LogP contribution is -2.30. The average molecular weight is 437 g/mol. The first kappa shape index (κ1) is 22.1. The summed E-state index contributed by atoms with van der Waals surface area (Å²) in [5, 5.41) is 6.27. The number of carbonyl (C=O) groups excluding carboxylic acids is 2. The standard InChI is InChI=1S/C21H16F5N3O2/c1-11-15(9-28-29(11)2)17(30)10-27-20(31)14-7-8-16(22)19(23)18(14)12-3-5-13(6-4-12)21(24,25)26/h3-9H,10H2,1-2H3,(H,27,31). The van der Waals surface area contributed by atoms with Gasteiger partial charge < -0.3 is 5.32 Å². The summed E-state index contributed by atoms with van der Waals surface area (Å²) in [5.74, 6) is -3.99. The number of Topliss-reactive ketones (excluding diaryl/α,β-unsaturated/α-hetero) is 1. The highest BCUT2D eigenvalue weighted by molar-refractivity contribution is 6.05. The molecule has 31 heavy (non-hydrogen) atoms. The van der Waals surface area contributed by atoms with E-state index >= 15 is 0 Å². The van der Waals surface area contributed by atoms with Gasteiger partial charge in [-0.3, -0.25) is 14.3 Å². The summed E-state index contributed by atoms with van der Waals surface area (Å²) >= 11 is 0. The maximum atomic E-state index is 14.5. The summed E-state index contributed by atoms with van der Waals surface area (Å²) < 4.78 is 68.1.